The van der Waals surface area contributed by atoms with Gasteiger partial charge in [0.05, 0.1) is 11.5 Å². The number of aryl methyl sites for hydroxylation is 1. The van der Waals surface area contributed by atoms with Crippen molar-refractivity contribution in [3.8, 4) is 0 Å². The molecule has 1 aliphatic carbocycles. The van der Waals surface area contributed by atoms with Crippen LogP contribution in [0.1, 0.15) is 28.7 Å². The molecule has 0 aliphatic heterocycles. The van der Waals surface area contributed by atoms with Gasteiger partial charge in [-0.15, -0.1) is 0 Å². The number of aliphatic hydroxyl groups is 1. The zero-order chi connectivity index (χ0) is 17.0. The largest absolute Gasteiger partial charge is 0.392 e. The molecule has 2 N–H and O–H groups in total. The average Bonchev–Trinajstić information content (AvgIpc) is 2.62. The molecule has 0 fully saturated rings. The molecule has 3 rings (SSSR count). The highest BCUT2D eigenvalue weighted by Crippen LogP contribution is 2.26. The van der Waals surface area contributed by atoms with E-state index in [0.29, 0.717) is 24.3 Å². The molecule has 0 bridgehead atoms. The van der Waals surface area contributed by atoms with Gasteiger partial charge < -0.3 is 5.11 Å². The summed E-state index contributed by atoms with van der Waals surface area (Å²) in [4.78, 5) is 0.455. The van der Waals surface area contributed by atoms with Crippen LogP contribution in [0.25, 0.3) is 6.08 Å². The van der Waals surface area contributed by atoms with Crippen LogP contribution in [0.4, 0.5) is 0 Å². The Bertz CT molecular complexity index is 839. The zero-order valence-corrected chi connectivity index (χ0v) is 14.2. The van der Waals surface area contributed by atoms with Crippen LogP contribution in [-0.4, -0.2) is 20.1 Å². The predicted octanol–water partition coefficient (Wildman–Crippen LogP) is 2.63. The Morgan fingerprint density at radius 1 is 0.958 bits per heavy atom. The zero-order valence-electron chi connectivity index (χ0n) is 13.4. The summed E-state index contributed by atoms with van der Waals surface area (Å²) >= 11 is 0. The van der Waals surface area contributed by atoms with Crippen LogP contribution >= 0.6 is 0 Å². The van der Waals surface area contributed by atoms with E-state index in [1.54, 1.807) is 6.08 Å². The minimum Gasteiger partial charge on any atom is -0.392 e. The lowest BCUT2D eigenvalue weighted by Crippen LogP contribution is -2.28. The molecule has 0 aromatic heterocycles. The number of sulfonamides is 1. The number of aliphatic hydroxyl groups excluding tert-OH is 1. The first kappa shape index (κ1) is 16.9. The molecule has 5 heteroatoms. The molecular formula is C19H21NO3S. The van der Waals surface area contributed by atoms with Crippen molar-refractivity contribution in [1.29, 1.82) is 0 Å². The van der Waals surface area contributed by atoms with Gasteiger partial charge in [0, 0.05) is 6.54 Å². The number of hydrogen-bond donors (Lipinski definition) is 2. The first-order valence-electron chi connectivity index (χ1n) is 8.05. The molecule has 0 spiro atoms. The van der Waals surface area contributed by atoms with Crippen molar-refractivity contribution in [2.75, 3.05) is 6.54 Å². The first-order chi connectivity index (χ1) is 11.6. The van der Waals surface area contributed by atoms with Crippen LogP contribution in [-0.2, 0) is 29.5 Å². The van der Waals surface area contributed by atoms with Gasteiger partial charge in [0.15, 0.2) is 0 Å². The van der Waals surface area contributed by atoms with Crippen molar-refractivity contribution in [3.05, 3.63) is 75.7 Å². The molecule has 24 heavy (non-hydrogen) atoms. The Hall–Kier alpha value is -1.95. The van der Waals surface area contributed by atoms with Gasteiger partial charge in [0.1, 0.15) is 0 Å². The van der Waals surface area contributed by atoms with Crippen molar-refractivity contribution < 1.29 is 13.5 Å². The van der Waals surface area contributed by atoms with Crippen LogP contribution in [0.5, 0.6) is 0 Å². The maximum Gasteiger partial charge on any atom is 0.236 e. The Kier molecular flexibility index (Phi) is 5.14. The van der Waals surface area contributed by atoms with Crippen molar-refractivity contribution in [1.82, 2.24) is 4.72 Å². The van der Waals surface area contributed by atoms with Gasteiger partial charge in [-0.2, -0.15) is 0 Å². The summed E-state index contributed by atoms with van der Waals surface area (Å²) < 4.78 is 27.6. The number of rotatable bonds is 6. The molecule has 0 unspecified atom stereocenters. The highest BCUT2D eigenvalue weighted by atomic mass is 32.2. The van der Waals surface area contributed by atoms with E-state index in [4.69, 9.17) is 5.11 Å². The summed E-state index contributed by atoms with van der Waals surface area (Å²) in [5.74, 6) is 0. The monoisotopic (exact) mass is 343 g/mol. The number of allylic oxidation sites excluding steroid dienone is 1. The Morgan fingerprint density at radius 2 is 1.67 bits per heavy atom. The second-order valence-electron chi connectivity index (χ2n) is 5.93. The molecule has 0 radical (unpaired) electrons. The summed E-state index contributed by atoms with van der Waals surface area (Å²) in [6.07, 6.45) is 3.69. The number of hydrogen-bond acceptors (Lipinski definition) is 3. The van der Waals surface area contributed by atoms with Crippen molar-refractivity contribution >= 4 is 16.1 Å². The normalized spacial score (nSPS) is 14.1. The summed E-state index contributed by atoms with van der Waals surface area (Å²) in [6.45, 7) is 0.377. The molecule has 0 heterocycles. The van der Waals surface area contributed by atoms with E-state index < -0.39 is 10.0 Å². The van der Waals surface area contributed by atoms with E-state index in [2.05, 4.69) is 4.72 Å². The molecule has 126 valence electrons. The average molecular weight is 343 g/mol. The minimum absolute atomic E-state index is 0.0164. The van der Waals surface area contributed by atoms with Crippen LogP contribution in [0.2, 0.25) is 0 Å². The van der Waals surface area contributed by atoms with E-state index in [1.807, 2.05) is 48.5 Å². The van der Waals surface area contributed by atoms with Crippen LogP contribution in [0.15, 0.2) is 53.4 Å². The van der Waals surface area contributed by atoms with Gasteiger partial charge in [-0.05, 0) is 47.6 Å². The smallest absolute Gasteiger partial charge is 0.236 e. The Morgan fingerprint density at radius 3 is 2.42 bits per heavy atom. The lowest BCUT2D eigenvalue weighted by atomic mass is 9.98. The van der Waals surface area contributed by atoms with E-state index in [0.717, 1.165) is 23.1 Å². The topological polar surface area (TPSA) is 66.4 Å². The standard InChI is InChI=1S/C19H21NO3S/c21-14-16-7-5-15(6-8-16)11-12-20-24(22,23)19-10-9-17-3-1-2-4-18(17)13-19/h1-8,13,20-21H,9-12,14H2. The van der Waals surface area contributed by atoms with Gasteiger partial charge in [-0.3, -0.25) is 0 Å². The lowest BCUT2D eigenvalue weighted by molar-refractivity contribution is 0.282. The summed E-state index contributed by atoms with van der Waals surface area (Å²) in [7, 11) is -3.44. The summed E-state index contributed by atoms with van der Waals surface area (Å²) in [5, 5.41) is 9.03. The Labute approximate surface area is 142 Å². The van der Waals surface area contributed by atoms with Gasteiger partial charge in [0.2, 0.25) is 10.0 Å². The van der Waals surface area contributed by atoms with E-state index >= 15 is 0 Å². The molecule has 2 aromatic carbocycles. The van der Waals surface area contributed by atoms with Crippen LogP contribution in [0, 0.1) is 0 Å². The summed E-state index contributed by atoms with van der Waals surface area (Å²) in [5.41, 5.74) is 4.08. The molecule has 0 saturated heterocycles. The van der Waals surface area contributed by atoms with Crippen molar-refractivity contribution in [2.45, 2.75) is 25.9 Å². The van der Waals surface area contributed by atoms with Gasteiger partial charge in [-0.1, -0.05) is 48.5 Å². The molecule has 1 aliphatic rings. The van der Waals surface area contributed by atoms with Gasteiger partial charge in [-0.25, -0.2) is 13.1 Å². The van der Waals surface area contributed by atoms with E-state index in [1.165, 1.54) is 5.56 Å². The highest BCUT2D eigenvalue weighted by molar-refractivity contribution is 7.93. The van der Waals surface area contributed by atoms with Crippen molar-refractivity contribution in [2.24, 2.45) is 0 Å². The molecule has 0 saturated carbocycles. The third-order valence-corrected chi connectivity index (χ3v) is 5.87. The third kappa shape index (κ3) is 3.93. The molecule has 0 atom stereocenters. The Balaban J connectivity index is 1.63. The number of fused-ring (bicyclic) bond motifs is 1. The van der Waals surface area contributed by atoms with Gasteiger partial charge in [0.25, 0.3) is 0 Å². The van der Waals surface area contributed by atoms with E-state index in [9.17, 15) is 8.42 Å². The number of nitrogens with one attached hydrogen (secondary N) is 1. The molecule has 0 amide bonds. The SMILES string of the molecule is O=S(=O)(NCCc1ccc(CO)cc1)C1=Cc2ccccc2CC1. The van der Waals surface area contributed by atoms with Gasteiger partial charge >= 0.3 is 0 Å². The first-order valence-corrected chi connectivity index (χ1v) is 9.53. The molecular weight excluding hydrogens is 322 g/mol. The van der Waals surface area contributed by atoms with E-state index in [-0.39, 0.29) is 6.61 Å². The predicted molar refractivity (Wildman–Crippen MR) is 95.7 cm³/mol. The highest BCUT2D eigenvalue weighted by Gasteiger charge is 2.21. The minimum atomic E-state index is -3.44. The third-order valence-electron chi connectivity index (χ3n) is 4.27. The lowest BCUT2D eigenvalue weighted by Gasteiger charge is -2.17. The number of benzene rings is 2. The van der Waals surface area contributed by atoms with Crippen molar-refractivity contribution in [3.63, 3.8) is 0 Å². The maximum absolute atomic E-state index is 12.5. The maximum atomic E-state index is 12.5. The fourth-order valence-electron chi connectivity index (χ4n) is 2.85. The fraction of sp³-hybridized carbons (Fsp3) is 0.263. The quantitative estimate of drug-likeness (QED) is 0.847. The van der Waals surface area contributed by atoms with Crippen LogP contribution in [0.3, 0.4) is 0 Å². The van der Waals surface area contributed by atoms with Crippen LogP contribution < -0.4 is 4.72 Å². The second kappa shape index (κ2) is 7.30. The molecule has 4 nitrogen and oxygen atoms in total. The molecule has 2 aromatic rings. The summed E-state index contributed by atoms with van der Waals surface area (Å²) in [6, 6.07) is 15.4. The second-order valence-corrected chi connectivity index (χ2v) is 7.75. The fourth-order valence-corrected chi connectivity index (χ4v) is 4.06.